The first kappa shape index (κ1) is 6.26. The van der Waals surface area contributed by atoms with Gasteiger partial charge in [0.1, 0.15) is 0 Å². The molecule has 0 atom stereocenters. The molecule has 0 saturated carbocycles. The maximum Gasteiger partial charge on any atom is 0.0742 e. The van der Waals surface area contributed by atoms with Gasteiger partial charge in [0.05, 0.1) is 13.2 Å². The number of fused-ring (bicyclic) bond motifs is 3. The summed E-state index contributed by atoms with van der Waals surface area (Å²) in [6.45, 7) is 1.50. The Labute approximate surface area is 70.1 Å². The zero-order chi connectivity index (χ0) is 7.97. The van der Waals surface area contributed by atoms with Crippen LogP contribution >= 0.6 is 0 Å². The molecule has 0 spiro atoms. The molecule has 1 aliphatic rings. The molecule has 3 heterocycles. The van der Waals surface area contributed by atoms with E-state index in [4.69, 9.17) is 4.74 Å². The van der Waals surface area contributed by atoms with Crippen LogP contribution in [0.5, 0.6) is 0 Å². The second-order valence-corrected chi connectivity index (χ2v) is 3.08. The summed E-state index contributed by atoms with van der Waals surface area (Å²) in [4.78, 5) is 0. The minimum atomic E-state index is 0.740. The lowest BCUT2D eigenvalue weighted by molar-refractivity contribution is 0.150. The maximum atomic E-state index is 5.33. The van der Waals surface area contributed by atoms with Gasteiger partial charge in [0.15, 0.2) is 0 Å². The number of hydrogen-bond acceptors (Lipinski definition) is 1. The summed E-state index contributed by atoms with van der Waals surface area (Å²) in [5.41, 5.74) is 2.57. The van der Waals surface area contributed by atoms with E-state index in [0.29, 0.717) is 0 Å². The highest BCUT2D eigenvalue weighted by atomic mass is 16.5. The van der Waals surface area contributed by atoms with Gasteiger partial charge in [-0.25, -0.2) is 0 Å². The van der Waals surface area contributed by atoms with Crippen molar-refractivity contribution in [1.29, 1.82) is 0 Å². The van der Waals surface area contributed by atoms with E-state index in [0.717, 1.165) is 13.2 Å². The van der Waals surface area contributed by atoms with Crippen molar-refractivity contribution >= 4 is 11.6 Å². The number of ether oxygens (including phenoxy) is 1. The lowest BCUT2D eigenvalue weighted by atomic mass is 10.2. The molecule has 0 N–H and O–H groups in total. The van der Waals surface area contributed by atoms with Crippen LogP contribution in [0.15, 0.2) is 24.4 Å². The summed E-state index contributed by atoms with van der Waals surface area (Å²) in [7, 11) is 0. The number of aromatic nitrogens is 1. The Bertz CT molecular complexity index is 469. The summed E-state index contributed by atoms with van der Waals surface area (Å²) >= 11 is 0. The van der Waals surface area contributed by atoms with Crippen LogP contribution in [0.3, 0.4) is 0 Å². The van der Waals surface area contributed by atoms with E-state index < -0.39 is 0 Å². The average Bonchev–Trinajstić information content (AvgIpc) is 2.62. The molecular formula is C10H9NO. The second kappa shape index (κ2) is 2.11. The minimum absolute atomic E-state index is 0.740. The fourth-order valence-electron chi connectivity index (χ4n) is 1.79. The molecule has 12 heavy (non-hydrogen) atoms. The Morgan fingerprint density at radius 2 is 2.42 bits per heavy atom. The minimum Gasteiger partial charge on any atom is -0.373 e. The molecular weight excluding hydrogens is 150 g/mol. The lowest BCUT2D eigenvalue weighted by Crippen LogP contribution is -2.18. The molecule has 0 saturated heterocycles. The first-order valence-electron chi connectivity index (χ1n) is 4.12. The Morgan fingerprint density at radius 3 is 3.42 bits per heavy atom. The van der Waals surface area contributed by atoms with E-state index in [2.05, 4.69) is 34.9 Å². The molecule has 2 heteroatoms. The van der Waals surface area contributed by atoms with Crippen molar-refractivity contribution in [2.45, 2.75) is 6.61 Å². The van der Waals surface area contributed by atoms with Crippen molar-refractivity contribution in [3.8, 4) is 0 Å². The standard InChI is InChI=1S/C10H9NO/c1-2-9-6-8-7-12-5-3-10(8)11(9)4-1/h1-4,6H,5,7H2. The largest absolute Gasteiger partial charge is 0.373 e. The molecule has 2 aromatic heterocycles. The van der Waals surface area contributed by atoms with Gasteiger partial charge in [-0.05, 0) is 24.3 Å². The van der Waals surface area contributed by atoms with Crippen molar-refractivity contribution in [1.82, 2.24) is 4.40 Å². The van der Waals surface area contributed by atoms with Gasteiger partial charge < -0.3 is 9.14 Å². The number of rotatable bonds is 0. The van der Waals surface area contributed by atoms with E-state index in [1.807, 2.05) is 0 Å². The van der Waals surface area contributed by atoms with Gasteiger partial charge in [-0.1, -0.05) is 0 Å². The zero-order valence-electron chi connectivity index (χ0n) is 6.66. The summed E-state index contributed by atoms with van der Waals surface area (Å²) in [6.07, 6.45) is 4.22. The molecule has 0 bridgehead atoms. The molecule has 0 unspecified atom stereocenters. The van der Waals surface area contributed by atoms with Crippen LogP contribution in [0.2, 0.25) is 0 Å². The van der Waals surface area contributed by atoms with Crippen LogP contribution in [0.1, 0.15) is 5.56 Å². The van der Waals surface area contributed by atoms with Gasteiger partial charge in [-0.2, -0.15) is 0 Å². The predicted octanol–water partition coefficient (Wildman–Crippen LogP) is 0.969. The third-order valence-corrected chi connectivity index (χ3v) is 2.34. The van der Waals surface area contributed by atoms with E-state index in [1.54, 1.807) is 0 Å². The molecule has 60 valence electrons. The van der Waals surface area contributed by atoms with Crippen molar-refractivity contribution in [3.63, 3.8) is 0 Å². The molecule has 0 amide bonds. The van der Waals surface area contributed by atoms with Gasteiger partial charge in [-0.3, -0.25) is 0 Å². The molecule has 3 rings (SSSR count). The highest BCUT2D eigenvalue weighted by Crippen LogP contribution is 2.08. The zero-order valence-corrected chi connectivity index (χ0v) is 6.66. The molecule has 0 fully saturated rings. The SMILES string of the molecule is C1=c2c(cc3cccn23)COC1. The summed E-state index contributed by atoms with van der Waals surface area (Å²) < 4.78 is 7.53. The predicted molar refractivity (Wildman–Crippen MR) is 46.7 cm³/mol. The molecule has 0 radical (unpaired) electrons. The number of nitrogens with zero attached hydrogens (tertiary/aromatic N) is 1. The van der Waals surface area contributed by atoms with Crippen LogP contribution in [-0.2, 0) is 11.3 Å². The number of hydrogen-bond donors (Lipinski definition) is 0. The van der Waals surface area contributed by atoms with Crippen LogP contribution in [0.25, 0.3) is 11.6 Å². The Balaban J connectivity index is 2.51. The average molecular weight is 159 g/mol. The van der Waals surface area contributed by atoms with E-state index in [9.17, 15) is 0 Å². The Kier molecular flexibility index (Phi) is 1.10. The topological polar surface area (TPSA) is 13.6 Å². The van der Waals surface area contributed by atoms with Gasteiger partial charge in [0.25, 0.3) is 0 Å². The van der Waals surface area contributed by atoms with Crippen LogP contribution < -0.4 is 5.35 Å². The highest BCUT2D eigenvalue weighted by molar-refractivity contribution is 5.53. The summed E-state index contributed by atoms with van der Waals surface area (Å²) in [5, 5.41) is 1.31. The molecule has 1 aliphatic heterocycles. The van der Waals surface area contributed by atoms with Gasteiger partial charge >= 0.3 is 0 Å². The van der Waals surface area contributed by atoms with E-state index >= 15 is 0 Å². The fraction of sp³-hybridized carbons (Fsp3) is 0.200. The highest BCUT2D eigenvalue weighted by Gasteiger charge is 2.07. The van der Waals surface area contributed by atoms with Crippen molar-refractivity contribution in [2.24, 2.45) is 0 Å². The maximum absolute atomic E-state index is 5.33. The van der Waals surface area contributed by atoms with E-state index in [1.165, 1.54) is 16.4 Å². The quantitative estimate of drug-likeness (QED) is 0.558. The molecule has 2 aromatic rings. The Morgan fingerprint density at radius 1 is 1.42 bits per heavy atom. The van der Waals surface area contributed by atoms with E-state index in [-0.39, 0.29) is 0 Å². The summed E-state index contributed by atoms with van der Waals surface area (Å²) in [6, 6.07) is 6.37. The van der Waals surface area contributed by atoms with Crippen LogP contribution in [0.4, 0.5) is 0 Å². The van der Waals surface area contributed by atoms with Crippen molar-refractivity contribution in [2.75, 3.05) is 6.61 Å². The first-order valence-corrected chi connectivity index (χ1v) is 4.12. The normalized spacial score (nSPS) is 16.0. The first-order chi connectivity index (χ1) is 5.95. The third kappa shape index (κ3) is 0.676. The second-order valence-electron chi connectivity index (χ2n) is 3.08. The monoisotopic (exact) mass is 159 g/mol. The van der Waals surface area contributed by atoms with Crippen molar-refractivity contribution < 1.29 is 4.74 Å². The molecule has 0 aliphatic carbocycles. The Hall–Kier alpha value is -1.28. The lowest BCUT2D eigenvalue weighted by Gasteiger charge is -2.04. The van der Waals surface area contributed by atoms with Gasteiger partial charge in [0, 0.05) is 22.6 Å². The third-order valence-electron chi connectivity index (χ3n) is 2.34. The van der Waals surface area contributed by atoms with Gasteiger partial charge in [-0.15, -0.1) is 0 Å². The van der Waals surface area contributed by atoms with Gasteiger partial charge in [0.2, 0.25) is 0 Å². The van der Waals surface area contributed by atoms with Crippen LogP contribution in [-0.4, -0.2) is 11.0 Å². The van der Waals surface area contributed by atoms with Crippen molar-refractivity contribution in [3.05, 3.63) is 35.3 Å². The molecule has 2 nitrogen and oxygen atoms in total. The molecule has 0 aromatic carbocycles. The van der Waals surface area contributed by atoms with Crippen LogP contribution in [0, 0.1) is 0 Å². The summed E-state index contributed by atoms with van der Waals surface area (Å²) in [5.74, 6) is 0. The smallest absolute Gasteiger partial charge is 0.0742 e. The fourth-order valence-corrected chi connectivity index (χ4v) is 1.79.